The van der Waals surface area contributed by atoms with Crippen molar-refractivity contribution in [2.75, 3.05) is 23.9 Å². The molecule has 2 fully saturated rings. The number of nitrogens with two attached hydrogens (primary N) is 1. The summed E-state index contributed by atoms with van der Waals surface area (Å²) in [4.78, 5) is 53.8. The molecule has 0 bridgehead atoms. The van der Waals surface area contributed by atoms with Crippen molar-refractivity contribution in [3.05, 3.63) is 22.5 Å². The van der Waals surface area contributed by atoms with E-state index in [0.717, 1.165) is 11.1 Å². The number of cyclic esters (lactones) is 1. The Hall–Kier alpha value is -2.56. The number of hydrogen-bond donors (Lipinski definition) is 2. The van der Waals surface area contributed by atoms with Gasteiger partial charge in [0.2, 0.25) is 11.1 Å². The Morgan fingerprint density at radius 3 is 2.76 bits per heavy atom. The highest BCUT2D eigenvalue weighted by atomic mass is 32.2. The second-order valence-corrected chi connectivity index (χ2v) is 11.3. The Morgan fingerprint density at radius 1 is 1.21 bits per heavy atom. The molecule has 1 aromatic rings. The first kappa shape index (κ1) is 21.9. The molecule has 6 heterocycles. The largest absolute Gasteiger partial charge is 0.456 e. The van der Waals surface area contributed by atoms with E-state index in [-0.39, 0.29) is 29.5 Å². The second-order valence-electron chi connectivity index (χ2n) is 8.15. The number of ether oxygens (including phenoxy) is 1. The number of aromatic nitrogens is 4. The first-order valence-electron chi connectivity index (χ1n) is 10.3. The van der Waals surface area contributed by atoms with Crippen LogP contribution in [0.25, 0.3) is 0 Å². The first-order valence-corrected chi connectivity index (χ1v) is 13.4. The fourth-order valence-electron chi connectivity index (χ4n) is 4.42. The van der Waals surface area contributed by atoms with Crippen LogP contribution in [0.3, 0.4) is 0 Å². The Balaban J connectivity index is 1.24. The van der Waals surface area contributed by atoms with E-state index in [9.17, 15) is 19.2 Å². The normalized spacial score (nSPS) is 29.9. The molecule has 2 saturated heterocycles. The maximum absolute atomic E-state index is 13.4. The van der Waals surface area contributed by atoms with Crippen molar-refractivity contribution in [2.24, 2.45) is 12.8 Å². The molecule has 13 nitrogen and oxygen atoms in total. The molecule has 178 valence electrons. The third-order valence-electron chi connectivity index (χ3n) is 6.16. The van der Waals surface area contributed by atoms with Crippen LogP contribution in [-0.4, -0.2) is 100 Å². The highest BCUT2D eigenvalue weighted by Gasteiger charge is 2.57. The molecule has 0 spiro atoms. The minimum absolute atomic E-state index is 0.194. The van der Waals surface area contributed by atoms with Crippen LogP contribution >= 0.6 is 35.3 Å². The molecular formula is C18H18N8O5S3. The minimum Gasteiger partial charge on any atom is -0.456 e. The van der Waals surface area contributed by atoms with E-state index in [1.807, 2.05) is 0 Å². The lowest BCUT2D eigenvalue weighted by molar-refractivity contribution is -0.151. The summed E-state index contributed by atoms with van der Waals surface area (Å²) in [6.45, 7) is 0.194. The number of nitrogens with zero attached hydrogens (tertiary/aromatic N) is 6. The Morgan fingerprint density at radius 2 is 2.00 bits per heavy atom. The van der Waals surface area contributed by atoms with Crippen molar-refractivity contribution in [3.63, 3.8) is 0 Å². The van der Waals surface area contributed by atoms with E-state index in [1.165, 1.54) is 49.8 Å². The third-order valence-corrected chi connectivity index (χ3v) is 9.96. The Kier molecular flexibility index (Phi) is 5.16. The average Bonchev–Trinajstić information content (AvgIpc) is 3.43. The van der Waals surface area contributed by atoms with Crippen LogP contribution in [0.5, 0.6) is 0 Å². The number of thioether (sulfide) groups is 3. The Bertz CT molecular complexity index is 1210. The van der Waals surface area contributed by atoms with Gasteiger partial charge in [-0.05, 0) is 16.0 Å². The van der Waals surface area contributed by atoms with Crippen LogP contribution in [0.1, 0.15) is 0 Å². The van der Waals surface area contributed by atoms with E-state index in [4.69, 9.17) is 10.5 Å². The van der Waals surface area contributed by atoms with E-state index in [2.05, 4.69) is 20.8 Å². The summed E-state index contributed by atoms with van der Waals surface area (Å²) < 4.78 is 6.58. The fraction of sp³-hybridized carbons (Fsp3) is 0.500. The van der Waals surface area contributed by atoms with Crippen LogP contribution in [0.15, 0.2) is 27.7 Å². The SMILES string of the molecule is Cn1nnnc1SCC1=C(C(=O)N[C@@H]2C(=O)N3C4=C(COC4=O)CS[C@H]23)N2C(=O)[C@@H](N)[C@H]2SC1. The highest BCUT2D eigenvalue weighted by Crippen LogP contribution is 2.44. The van der Waals surface area contributed by atoms with Gasteiger partial charge in [-0.1, -0.05) is 11.8 Å². The van der Waals surface area contributed by atoms with E-state index in [0.29, 0.717) is 28.1 Å². The molecular weight excluding hydrogens is 504 g/mol. The maximum Gasteiger partial charge on any atom is 0.355 e. The number of carbonyl (C=O) groups is 4. The number of esters is 1. The molecule has 0 aromatic carbocycles. The summed E-state index contributed by atoms with van der Waals surface area (Å²) in [5.74, 6) is -0.268. The highest BCUT2D eigenvalue weighted by molar-refractivity contribution is 8.01. The van der Waals surface area contributed by atoms with Gasteiger partial charge >= 0.3 is 5.97 Å². The van der Waals surface area contributed by atoms with Crippen LogP contribution in [0, 0.1) is 0 Å². The van der Waals surface area contributed by atoms with Gasteiger partial charge in [-0.15, -0.1) is 28.6 Å². The van der Waals surface area contributed by atoms with Crippen LogP contribution in [0.2, 0.25) is 0 Å². The van der Waals surface area contributed by atoms with Crippen molar-refractivity contribution >= 4 is 59.0 Å². The summed E-state index contributed by atoms with van der Waals surface area (Å²) in [6.07, 6.45) is 0. The molecule has 3 N–H and O–H groups in total. The van der Waals surface area contributed by atoms with Crippen molar-refractivity contribution < 1.29 is 23.9 Å². The average molecular weight is 523 g/mol. The van der Waals surface area contributed by atoms with Crippen molar-refractivity contribution in [1.29, 1.82) is 0 Å². The lowest BCUT2D eigenvalue weighted by Crippen LogP contribution is -2.72. The molecule has 5 aliphatic heterocycles. The van der Waals surface area contributed by atoms with Gasteiger partial charge in [0.1, 0.15) is 40.8 Å². The number of fused-ring (bicyclic) bond motifs is 3. The van der Waals surface area contributed by atoms with Gasteiger partial charge in [-0.3, -0.25) is 24.2 Å². The number of aryl methyl sites for hydroxylation is 1. The molecule has 6 rings (SSSR count). The quantitative estimate of drug-likeness (QED) is 0.249. The van der Waals surface area contributed by atoms with Crippen molar-refractivity contribution in [3.8, 4) is 0 Å². The van der Waals surface area contributed by atoms with Gasteiger partial charge in [-0.25, -0.2) is 9.48 Å². The summed E-state index contributed by atoms with van der Waals surface area (Å²) >= 11 is 4.32. The zero-order chi connectivity index (χ0) is 23.7. The van der Waals surface area contributed by atoms with Gasteiger partial charge in [0.05, 0.1) is 0 Å². The van der Waals surface area contributed by atoms with Crippen molar-refractivity contribution in [2.45, 2.75) is 28.0 Å². The summed E-state index contributed by atoms with van der Waals surface area (Å²) in [7, 11) is 1.71. The topological polar surface area (TPSA) is 166 Å². The maximum atomic E-state index is 13.4. The third kappa shape index (κ3) is 3.11. The zero-order valence-corrected chi connectivity index (χ0v) is 20.1. The molecule has 16 heteroatoms. The lowest BCUT2D eigenvalue weighted by atomic mass is 10.0. The molecule has 4 atom stereocenters. The van der Waals surface area contributed by atoms with Gasteiger partial charge in [0.15, 0.2) is 0 Å². The Labute approximate surface area is 205 Å². The first-order chi connectivity index (χ1) is 16.4. The molecule has 1 aromatic heterocycles. The fourth-order valence-corrected chi connectivity index (χ4v) is 8.02. The molecule has 0 unspecified atom stereocenters. The molecule has 0 radical (unpaired) electrons. The second kappa shape index (κ2) is 8.00. The zero-order valence-electron chi connectivity index (χ0n) is 17.7. The van der Waals surface area contributed by atoms with Crippen LogP contribution in [0.4, 0.5) is 0 Å². The number of hydrogen-bond acceptors (Lipinski definition) is 12. The van der Waals surface area contributed by atoms with Gasteiger partial charge in [0, 0.05) is 29.9 Å². The van der Waals surface area contributed by atoms with Gasteiger partial charge < -0.3 is 15.8 Å². The number of tetrazole rings is 1. The number of β-lactam (4-membered cyclic amide) rings is 2. The van der Waals surface area contributed by atoms with Crippen molar-refractivity contribution in [1.82, 2.24) is 35.3 Å². The molecule has 0 aliphatic carbocycles. The monoisotopic (exact) mass is 522 g/mol. The van der Waals surface area contributed by atoms with E-state index < -0.39 is 29.3 Å². The molecule has 34 heavy (non-hydrogen) atoms. The number of amides is 3. The summed E-state index contributed by atoms with van der Waals surface area (Å²) in [5.41, 5.74) is 8.00. The smallest absolute Gasteiger partial charge is 0.355 e. The summed E-state index contributed by atoms with van der Waals surface area (Å²) in [5, 5.41) is 14.0. The van der Waals surface area contributed by atoms with Gasteiger partial charge in [-0.2, -0.15) is 0 Å². The standard InChI is InChI=1S/C18H18N8O5S3/c1-24-18(21-22-23-24)34-5-7-4-32-15-8(19)13(28)25(15)10(7)12(27)20-9-14(29)26-11-6(2-31-17(11)30)3-33-16(9)26/h8-9,15-16H,2-5,19H2,1H3,(H,20,27)/t8-,9-,15-,16-/m1/s1. The predicted octanol–water partition coefficient (Wildman–Crippen LogP) is -1.99. The van der Waals surface area contributed by atoms with Crippen LogP contribution in [-0.2, 0) is 31.0 Å². The van der Waals surface area contributed by atoms with Crippen LogP contribution < -0.4 is 11.1 Å². The number of rotatable bonds is 5. The van der Waals surface area contributed by atoms with E-state index >= 15 is 0 Å². The summed E-state index contributed by atoms with van der Waals surface area (Å²) in [6, 6.07) is -1.47. The minimum atomic E-state index is -0.803. The van der Waals surface area contributed by atoms with Gasteiger partial charge in [0.25, 0.3) is 11.8 Å². The molecule has 0 saturated carbocycles. The number of nitrogens with one attached hydrogen (secondary N) is 1. The molecule has 5 aliphatic rings. The predicted molar refractivity (Wildman–Crippen MR) is 121 cm³/mol. The van der Waals surface area contributed by atoms with E-state index in [1.54, 1.807) is 7.05 Å². The lowest BCUT2D eigenvalue weighted by Gasteiger charge is -2.50. The molecule has 3 amide bonds. The number of carbonyl (C=O) groups excluding carboxylic acids is 4.